The Kier molecular flexibility index (Phi) is 7.84. The molecule has 3 amide bonds. The van der Waals surface area contributed by atoms with Crippen LogP contribution in [0.5, 0.6) is 0 Å². The average Bonchev–Trinajstić information content (AvgIpc) is 3.42. The number of imidazole rings is 1. The summed E-state index contributed by atoms with van der Waals surface area (Å²) in [6.45, 7) is 10.5. The number of nitrogens with zero attached hydrogens (tertiary/aromatic N) is 4. The molecule has 0 aromatic carbocycles. The minimum atomic E-state index is -1.49. The normalized spacial score (nSPS) is 17.2. The fraction of sp³-hybridized carbons (Fsp3) is 0.667. The van der Waals surface area contributed by atoms with Crippen LogP contribution in [0.3, 0.4) is 0 Å². The summed E-state index contributed by atoms with van der Waals surface area (Å²) in [7, 11) is 0. The van der Waals surface area contributed by atoms with Crippen LogP contribution in [0.15, 0.2) is 0 Å². The Hall–Kier alpha value is -3.64. The lowest BCUT2D eigenvalue weighted by molar-refractivity contribution is -0.139. The van der Waals surface area contributed by atoms with E-state index in [-0.39, 0.29) is 55.1 Å². The number of carboxylic acids is 1. The van der Waals surface area contributed by atoms with Gasteiger partial charge in [-0.05, 0) is 54.4 Å². The highest BCUT2D eigenvalue weighted by Crippen LogP contribution is 2.34. The number of hydrogen-bond donors (Lipinski definition) is 2. The number of amides is 3. The lowest BCUT2D eigenvalue weighted by Crippen LogP contribution is -2.45. The van der Waals surface area contributed by atoms with Gasteiger partial charge in [0.25, 0.3) is 0 Å². The number of hydrogen-bond acceptors (Lipinski definition) is 8. The lowest BCUT2D eigenvalue weighted by atomic mass is 10.1. The van der Waals surface area contributed by atoms with Crippen molar-refractivity contribution < 1.29 is 38.6 Å². The first-order valence-corrected chi connectivity index (χ1v) is 12.3. The molecule has 1 aromatic heterocycles. The Labute approximate surface area is 215 Å². The molecule has 0 unspecified atom stereocenters. The summed E-state index contributed by atoms with van der Waals surface area (Å²) in [4.78, 5) is 70.4. The summed E-state index contributed by atoms with van der Waals surface area (Å²) < 4.78 is 11.8. The van der Waals surface area contributed by atoms with Crippen LogP contribution < -0.4 is 15.1 Å². The summed E-state index contributed by atoms with van der Waals surface area (Å²) >= 11 is 0. The summed E-state index contributed by atoms with van der Waals surface area (Å²) in [6.07, 6.45) is -0.622. The Morgan fingerprint density at radius 3 is 1.95 bits per heavy atom. The van der Waals surface area contributed by atoms with Crippen LogP contribution in [0, 0.1) is 0 Å². The molecular weight excluding hydrogens is 486 g/mol. The second-order valence-corrected chi connectivity index (χ2v) is 11.0. The van der Waals surface area contributed by atoms with E-state index >= 15 is 0 Å². The molecule has 1 atom stereocenters. The average molecular weight is 522 g/mol. The molecule has 3 heterocycles. The molecular formula is C24H35N5O8. The molecule has 204 valence electrons. The van der Waals surface area contributed by atoms with Crippen molar-refractivity contribution >= 4 is 41.7 Å². The summed E-state index contributed by atoms with van der Waals surface area (Å²) in [5, 5.41) is 12.2. The predicted octanol–water partition coefficient (Wildman–Crippen LogP) is 2.44. The molecule has 3 rings (SSSR count). The van der Waals surface area contributed by atoms with Crippen LogP contribution >= 0.6 is 0 Å². The zero-order valence-electron chi connectivity index (χ0n) is 22.1. The molecule has 1 aromatic rings. The number of ether oxygens (including phenoxy) is 2. The van der Waals surface area contributed by atoms with Gasteiger partial charge in [-0.15, -0.1) is 0 Å². The van der Waals surface area contributed by atoms with Crippen molar-refractivity contribution in [3.8, 4) is 0 Å². The van der Waals surface area contributed by atoms with Gasteiger partial charge in [0.2, 0.25) is 17.8 Å². The van der Waals surface area contributed by atoms with Gasteiger partial charge in [-0.3, -0.25) is 19.4 Å². The Morgan fingerprint density at radius 1 is 0.946 bits per heavy atom. The number of carboxylic acid groups (broad SMARTS) is 1. The van der Waals surface area contributed by atoms with E-state index in [1.165, 1.54) is 9.80 Å². The SMILES string of the molecule is CC(C)(C)OC(=O)N[C@@H](Cc1nc(N2CCCC2=O)n(C(=O)OC(C)(C)C)c1N1CCCC1=O)C(=O)O. The second kappa shape index (κ2) is 10.4. The molecule has 0 saturated carbocycles. The first kappa shape index (κ1) is 27.9. The van der Waals surface area contributed by atoms with Crippen LogP contribution in [0.25, 0.3) is 0 Å². The molecule has 2 saturated heterocycles. The van der Waals surface area contributed by atoms with Gasteiger partial charge in [-0.25, -0.2) is 19.4 Å². The van der Waals surface area contributed by atoms with E-state index in [0.29, 0.717) is 19.4 Å². The highest BCUT2D eigenvalue weighted by atomic mass is 16.6. The van der Waals surface area contributed by atoms with Crippen molar-refractivity contribution in [1.82, 2.24) is 14.9 Å². The quantitative estimate of drug-likeness (QED) is 0.573. The maximum atomic E-state index is 13.4. The van der Waals surface area contributed by atoms with Crippen molar-refractivity contribution in [3.63, 3.8) is 0 Å². The molecule has 0 spiro atoms. The van der Waals surface area contributed by atoms with E-state index in [9.17, 15) is 29.1 Å². The van der Waals surface area contributed by atoms with Gasteiger partial charge in [-0.1, -0.05) is 0 Å². The second-order valence-electron chi connectivity index (χ2n) is 11.0. The van der Waals surface area contributed by atoms with Crippen LogP contribution in [-0.4, -0.2) is 75.0 Å². The highest BCUT2D eigenvalue weighted by Gasteiger charge is 2.39. The van der Waals surface area contributed by atoms with E-state index in [0.717, 1.165) is 4.57 Å². The fourth-order valence-corrected chi connectivity index (χ4v) is 4.09. The first-order valence-electron chi connectivity index (χ1n) is 12.3. The maximum absolute atomic E-state index is 13.4. The number of rotatable bonds is 6. The monoisotopic (exact) mass is 521 g/mol. The maximum Gasteiger partial charge on any atom is 0.423 e. The van der Waals surface area contributed by atoms with Gasteiger partial charge in [0.15, 0.2) is 5.82 Å². The number of anilines is 2. The minimum Gasteiger partial charge on any atom is -0.480 e. The molecule has 2 fully saturated rings. The van der Waals surface area contributed by atoms with E-state index < -0.39 is 35.4 Å². The summed E-state index contributed by atoms with van der Waals surface area (Å²) in [5.74, 6) is -1.93. The zero-order chi connectivity index (χ0) is 27.7. The molecule has 13 nitrogen and oxygen atoms in total. The van der Waals surface area contributed by atoms with Crippen LogP contribution in [0.1, 0.15) is 72.9 Å². The predicted molar refractivity (Wildman–Crippen MR) is 132 cm³/mol. The number of aliphatic carboxylic acids is 1. The molecule has 13 heteroatoms. The molecule has 0 radical (unpaired) electrons. The van der Waals surface area contributed by atoms with Gasteiger partial charge in [0, 0.05) is 32.4 Å². The molecule has 0 bridgehead atoms. The van der Waals surface area contributed by atoms with Gasteiger partial charge >= 0.3 is 18.2 Å². The standard InChI is InChI=1S/C24H35N5O8/c1-23(2,3)36-21(34)26-15(19(32)33)13-14-18(27-11-7-9-16(27)30)29(22(35)37-24(4,5)6)20(25-14)28-12-8-10-17(28)31/h15H,7-13H2,1-6H3,(H,26,34)(H,32,33)/t15-/m0/s1. The number of carbonyl (C=O) groups is 5. The lowest BCUT2D eigenvalue weighted by Gasteiger charge is -2.25. The van der Waals surface area contributed by atoms with Crippen molar-refractivity contribution in [3.05, 3.63) is 5.69 Å². The highest BCUT2D eigenvalue weighted by molar-refractivity contribution is 6.00. The number of alkyl carbamates (subject to hydrolysis) is 1. The topological polar surface area (TPSA) is 160 Å². The van der Waals surface area contributed by atoms with Crippen molar-refractivity contribution in [2.75, 3.05) is 22.9 Å². The van der Waals surface area contributed by atoms with Crippen LogP contribution in [0.2, 0.25) is 0 Å². The third kappa shape index (κ3) is 6.77. The number of nitrogens with one attached hydrogen (secondary N) is 1. The van der Waals surface area contributed by atoms with Crippen molar-refractivity contribution in [2.45, 2.75) is 90.9 Å². The van der Waals surface area contributed by atoms with E-state index in [1.807, 2.05) is 0 Å². The van der Waals surface area contributed by atoms with Crippen LogP contribution in [0.4, 0.5) is 21.4 Å². The largest absolute Gasteiger partial charge is 0.480 e. The van der Waals surface area contributed by atoms with Crippen LogP contribution in [-0.2, 0) is 30.3 Å². The third-order valence-corrected chi connectivity index (χ3v) is 5.51. The van der Waals surface area contributed by atoms with Crippen molar-refractivity contribution in [1.29, 1.82) is 0 Å². The summed E-state index contributed by atoms with van der Waals surface area (Å²) in [6, 6.07) is -1.49. The van der Waals surface area contributed by atoms with E-state index in [2.05, 4.69) is 10.3 Å². The molecule has 37 heavy (non-hydrogen) atoms. The molecule has 0 aliphatic carbocycles. The first-order chi connectivity index (χ1) is 17.1. The third-order valence-electron chi connectivity index (χ3n) is 5.51. The smallest absolute Gasteiger partial charge is 0.423 e. The van der Waals surface area contributed by atoms with Gasteiger partial charge in [0.1, 0.15) is 17.2 Å². The molecule has 2 N–H and O–H groups in total. The number of aromatic nitrogens is 2. The molecule has 2 aliphatic rings. The van der Waals surface area contributed by atoms with Crippen molar-refractivity contribution in [2.24, 2.45) is 0 Å². The Bertz CT molecular complexity index is 1100. The molecule has 2 aliphatic heterocycles. The van der Waals surface area contributed by atoms with E-state index in [1.54, 1.807) is 41.5 Å². The Balaban J connectivity index is 2.12. The van der Waals surface area contributed by atoms with Gasteiger partial charge in [0.05, 0.1) is 5.69 Å². The van der Waals surface area contributed by atoms with E-state index in [4.69, 9.17) is 9.47 Å². The summed E-state index contributed by atoms with van der Waals surface area (Å²) in [5.41, 5.74) is -1.71. The number of carbonyl (C=O) groups excluding carboxylic acids is 4. The van der Waals surface area contributed by atoms with Gasteiger partial charge in [-0.2, -0.15) is 4.57 Å². The Morgan fingerprint density at radius 2 is 1.49 bits per heavy atom. The van der Waals surface area contributed by atoms with Gasteiger partial charge < -0.3 is 19.9 Å². The fourth-order valence-electron chi connectivity index (χ4n) is 4.09. The zero-order valence-corrected chi connectivity index (χ0v) is 22.1. The minimum absolute atomic E-state index is 0.0312.